The number of nitrogens with one attached hydrogen (secondary N) is 2. The Morgan fingerprint density at radius 2 is 2.15 bits per heavy atom. The minimum Gasteiger partial charge on any atom is -0.481 e. The highest BCUT2D eigenvalue weighted by Crippen LogP contribution is 2.23. The van der Waals surface area contributed by atoms with Crippen molar-refractivity contribution >= 4 is 21.8 Å². The van der Waals surface area contributed by atoms with E-state index in [1.165, 1.54) is 0 Å². The van der Waals surface area contributed by atoms with E-state index in [-0.39, 0.29) is 5.91 Å². The second-order valence-corrected chi connectivity index (χ2v) is 5.44. The van der Waals surface area contributed by atoms with Crippen molar-refractivity contribution < 1.29 is 9.53 Å². The third kappa shape index (κ3) is 5.51. The van der Waals surface area contributed by atoms with Crippen molar-refractivity contribution in [1.29, 1.82) is 0 Å². The highest BCUT2D eigenvalue weighted by molar-refractivity contribution is 9.10. The lowest BCUT2D eigenvalue weighted by Crippen LogP contribution is -2.36. The maximum Gasteiger partial charge on any atom is 0.260 e. The van der Waals surface area contributed by atoms with Gasteiger partial charge in [-0.1, -0.05) is 29.8 Å². The van der Waals surface area contributed by atoms with Crippen molar-refractivity contribution in [3.63, 3.8) is 0 Å². The van der Waals surface area contributed by atoms with Crippen LogP contribution < -0.4 is 15.4 Å². The van der Waals surface area contributed by atoms with Crippen LogP contribution in [0.5, 0.6) is 5.75 Å². The Labute approximate surface area is 129 Å². The van der Waals surface area contributed by atoms with Crippen LogP contribution in [0.1, 0.15) is 32.8 Å². The van der Waals surface area contributed by atoms with E-state index in [4.69, 9.17) is 4.74 Å². The van der Waals surface area contributed by atoms with Crippen molar-refractivity contribution in [3.05, 3.63) is 28.2 Å². The van der Waals surface area contributed by atoms with Gasteiger partial charge in [-0.3, -0.25) is 4.79 Å². The Morgan fingerprint density at radius 3 is 2.80 bits per heavy atom. The summed E-state index contributed by atoms with van der Waals surface area (Å²) in [4.78, 5) is 11.8. The zero-order valence-corrected chi connectivity index (χ0v) is 13.9. The molecule has 4 nitrogen and oxygen atoms in total. The van der Waals surface area contributed by atoms with Crippen LogP contribution in [0.25, 0.3) is 0 Å². The molecule has 0 radical (unpaired) electrons. The van der Waals surface area contributed by atoms with Gasteiger partial charge in [0.15, 0.2) is 6.10 Å². The topological polar surface area (TPSA) is 50.4 Å². The van der Waals surface area contributed by atoms with Crippen molar-refractivity contribution in [2.45, 2.75) is 39.8 Å². The molecule has 0 spiro atoms. The number of rotatable bonds is 8. The van der Waals surface area contributed by atoms with Crippen LogP contribution >= 0.6 is 15.9 Å². The number of carbonyl (C=O) groups excluding carboxylic acids is 1. The molecule has 0 saturated carbocycles. The van der Waals surface area contributed by atoms with Gasteiger partial charge in [0.25, 0.3) is 5.91 Å². The molecular weight excluding hydrogens is 320 g/mol. The van der Waals surface area contributed by atoms with Gasteiger partial charge in [0.1, 0.15) is 5.75 Å². The summed E-state index contributed by atoms with van der Waals surface area (Å²) in [7, 11) is 0. The van der Waals surface area contributed by atoms with Crippen LogP contribution in [-0.4, -0.2) is 25.1 Å². The normalized spacial score (nSPS) is 12.0. The first kappa shape index (κ1) is 17.0. The summed E-state index contributed by atoms with van der Waals surface area (Å²) in [5.74, 6) is 0.628. The van der Waals surface area contributed by atoms with Crippen molar-refractivity contribution in [2.75, 3.05) is 13.1 Å². The van der Waals surface area contributed by atoms with E-state index in [1.54, 1.807) is 6.92 Å². The van der Waals surface area contributed by atoms with E-state index in [0.29, 0.717) is 12.3 Å². The van der Waals surface area contributed by atoms with Crippen LogP contribution in [0.4, 0.5) is 0 Å². The maximum absolute atomic E-state index is 11.8. The molecule has 0 aromatic heterocycles. The molecule has 0 bridgehead atoms. The van der Waals surface area contributed by atoms with Gasteiger partial charge in [-0.25, -0.2) is 0 Å². The SMILES string of the molecule is CCCNC(=O)C(C)Oc1ccc(Br)c(CNCC)c1. The second kappa shape index (κ2) is 8.97. The van der Waals surface area contributed by atoms with Crippen LogP contribution in [0.15, 0.2) is 22.7 Å². The van der Waals surface area contributed by atoms with E-state index in [9.17, 15) is 4.79 Å². The van der Waals surface area contributed by atoms with Crippen molar-refractivity contribution in [3.8, 4) is 5.75 Å². The average molecular weight is 343 g/mol. The van der Waals surface area contributed by atoms with E-state index in [1.807, 2.05) is 25.1 Å². The molecule has 2 N–H and O–H groups in total. The van der Waals surface area contributed by atoms with Gasteiger partial charge in [-0.15, -0.1) is 0 Å². The van der Waals surface area contributed by atoms with Gasteiger partial charge in [-0.2, -0.15) is 0 Å². The Balaban J connectivity index is 2.65. The van der Waals surface area contributed by atoms with E-state index >= 15 is 0 Å². The number of halogens is 1. The number of hydrogen-bond acceptors (Lipinski definition) is 3. The molecule has 0 aliphatic carbocycles. The number of hydrogen-bond donors (Lipinski definition) is 2. The molecule has 0 fully saturated rings. The molecule has 0 aliphatic rings. The minimum atomic E-state index is -0.491. The standard InChI is InChI=1S/C15H23BrN2O2/c1-4-8-18-15(19)11(3)20-13-6-7-14(16)12(9-13)10-17-5-2/h6-7,9,11,17H,4-5,8,10H2,1-3H3,(H,18,19). The van der Waals surface area contributed by atoms with Gasteiger partial charge in [0.2, 0.25) is 0 Å². The highest BCUT2D eigenvalue weighted by atomic mass is 79.9. The Hall–Kier alpha value is -1.07. The first-order chi connectivity index (χ1) is 9.58. The fourth-order valence-electron chi connectivity index (χ4n) is 1.67. The molecule has 112 valence electrons. The predicted octanol–water partition coefficient (Wildman–Crippen LogP) is 2.85. The van der Waals surface area contributed by atoms with E-state index < -0.39 is 6.10 Å². The molecule has 1 rings (SSSR count). The molecule has 20 heavy (non-hydrogen) atoms. The molecule has 1 unspecified atom stereocenters. The van der Waals surface area contributed by atoms with E-state index in [0.717, 1.165) is 29.5 Å². The Morgan fingerprint density at radius 1 is 1.40 bits per heavy atom. The van der Waals surface area contributed by atoms with Gasteiger partial charge in [-0.05, 0) is 43.7 Å². The van der Waals surface area contributed by atoms with Crippen LogP contribution in [0.2, 0.25) is 0 Å². The van der Waals surface area contributed by atoms with Gasteiger partial charge in [0.05, 0.1) is 0 Å². The zero-order valence-electron chi connectivity index (χ0n) is 12.3. The molecular formula is C15H23BrN2O2. The Kier molecular flexibility index (Phi) is 7.62. The van der Waals surface area contributed by atoms with Crippen LogP contribution in [0.3, 0.4) is 0 Å². The summed E-state index contributed by atoms with van der Waals surface area (Å²) in [5.41, 5.74) is 1.12. The molecule has 1 atom stereocenters. The molecule has 1 amide bonds. The molecule has 0 aliphatic heterocycles. The monoisotopic (exact) mass is 342 g/mol. The van der Waals surface area contributed by atoms with Gasteiger partial charge >= 0.3 is 0 Å². The summed E-state index contributed by atoms with van der Waals surface area (Å²) < 4.78 is 6.72. The smallest absolute Gasteiger partial charge is 0.260 e. The van der Waals surface area contributed by atoms with Crippen LogP contribution in [0, 0.1) is 0 Å². The fraction of sp³-hybridized carbons (Fsp3) is 0.533. The minimum absolute atomic E-state index is 0.0806. The highest BCUT2D eigenvalue weighted by Gasteiger charge is 2.14. The Bertz CT molecular complexity index is 438. The third-order valence-corrected chi connectivity index (χ3v) is 3.59. The fourth-order valence-corrected chi connectivity index (χ4v) is 2.06. The number of ether oxygens (including phenoxy) is 1. The third-order valence-electron chi connectivity index (χ3n) is 2.81. The lowest BCUT2D eigenvalue weighted by molar-refractivity contribution is -0.127. The van der Waals surface area contributed by atoms with E-state index in [2.05, 4.69) is 33.5 Å². The summed E-state index contributed by atoms with van der Waals surface area (Å²) in [6.07, 6.45) is 0.429. The van der Waals surface area contributed by atoms with Crippen molar-refractivity contribution in [1.82, 2.24) is 10.6 Å². The number of carbonyl (C=O) groups is 1. The van der Waals surface area contributed by atoms with Crippen molar-refractivity contribution in [2.24, 2.45) is 0 Å². The zero-order chi connectivity index (χ0) is 15.0. The number of benzene rings is 1. The first-order valence-electron chi connectivity index (χ1n) is 7.02. The molecule has 0 heterocycles. The summed E-state index contributed by atoms with van der Waals surface area (Å²) in [6, 6.07) is 5.76. The van der Waals surface area contributed by atoms with Gasteiger partial charge < -0.3 is 15.4 Å². The summed E-state index contributed by atoms with van der Waals surface area (Å²) in [5, 5.41) is 6.10. The first-order valence-corrected chi connectivity index (χ1v) is 7.81. The molecule has 1 aromatic carbocycles. The predicted molar refractivity (Wildman–Crippen MR) is 84.9 cm³/mol. The lowest BCUT2D eigenvalue weighted by Gasteiger charge is -2.16. The van der Waals surface area contributed by atoms with Crippen LogP contribution in [-0.2, 0) is 11.3 Å². The maximum atomic E-state index is 11.8. The lowest BCUT2D eigenvalue weighted by atomic mass is 10.2. The molecule has 1 aromatic rings. The largest absolute Gasteiger partial charge is 0.481 e. The average Bonchev–Trinajstić information content (AvgIpc) is 2.45. The second-order valence-electron chi connectivity index (χ2n) is 4.58. The quantitative estimate of drug-likeness (QED) is 0.763. The summed E-state index contributed by atoms with van der Waals surface area (Å²) >= 11 is 3.52. The number of amides is 1. The summed E-state index contributed by atoms with van der Waals surface area (Å²) in [6.45, 7) is 8.20. The van der Waals surface area contributed by atoms with Gasteiger partial charge in [0, 0.05) is 17.6 Å². The molecule has 0 saturated heterocycles. The molecule has 5 heteroatoms.